The second-order valence-electron chi connectivity index (χ2n) is 7.17. The molecule has 1 aromatic heterocycles. The van der Waals surface area contributed by atoms with E-state index in [1.165, 1.54) is 32.2 Å². The number of nitrogens with zero attached hydrogens (tertiary/aromatic N) is 2. The van der Waals surface area contributed by atoms with Crippen molar-refractivity contribution in [2.24, 2.45) is 11.8 Å². The zero-order valence-electron chi connectivity index (χ0n) is 13.4. The third-order valence-electron chi connectivity index (χ3n) is 5.78. The van der Waals surface area contributed by atoms with Gasteiger partial charge in [-0.25, -0.2) is 0 Å². The van der Waals surface area contributed by atoms with Crippen molar-refractivity contribution >= 4 is 0 Å². The molecule has 0 spiro atoms. The Labute approximate surface area is 133 Å². The van der Waals surface area contributed by atoms with Gasteiger partial charge in [0.2, 0.25) is 0 Å². The highest BCUT2D eigenvalue weighted by atomic mass is 16.5. The second-order valence-corrected chi connectivity index (χ2v) is 7.17. The van der Waals surface area contributed by atoms with Gasteiger partial charge in [0.15, 0.2) is 0 Å². The van der Waals surface area contributed by atoms with Crippen LogP contribution in [-0.4, -0.2) is 54.5 Å². The van der Waals surface area contributed by atoms with Crippen molar-refractivity contribution in [3.05, 3.63) is 24.5 Å². The summed E-state index contributed by atoms with van der Waals surface area (Å²) in [7, 11) is 0. The Balaban J connectivity index is 1.37. The number of aromatic nitrogens is 1. The zero-order valence-corrected chi connectivity index (χ0v) is 13.4. The molecule has 3 heterocycles. The third-order valence-corrected chi connectivity index (χ3v) is 5.78. The lowest BCUT2D eigenvalue weighted by Crippen LogP contribution is -2.52. The van der Waals surface area contributed by atoms with Crippen LogP contribution in [0.2, 0.25) is 0 Å². The van der Waals surface area contributed by atoms with Crippen LogP contribution >= 0.6 is 0 Å². The molecule has 2 aliphatic heterocycles. The number of rotatable bonds is 4. The molecule has 22 heavy (non-hydrogen) atoms. The number of ether oxygens (including phenoxy) is 2. The van der Waals surface area contributed by atoms with Crippen molar-refractivity contribution < 1.29 is 9.47 Å². The van der Waals surface area contributed by atoms with Crippen LogP contribution in [0.15, 0.2) is 24.5 Å². The average molecular weight is 304 g/mol. The Morgan fingerprint density at radius 2 is 1.73 bits per heavy atom. The molecule has 1 aliphatic carbocycles. The Morgan fingerprint density at radius 1 is 0.909 bits per heavy atom. The molecule has 0 amide bonds. The Bertz CT molecular complexity index is 456. The van der Waals surface area contributed by atoms with Gasteiger partial charge in [0.05, 0.1) is 12.7 Å². The molecule has 1 aromatic rings. The van der Waals surface area contributed by atoms with E-state index in [4.69, 9.17) is 9.47 Å². The first-order valence-corrected chi connectivity index (χ1v) is 8.94. The van der Waals surface area contributed by atoms with Gasteiger partial charge in [0.1, 0.15) is 0 Å². The maximum absolute atomic E-state index is 6.20. The topological polar surface area (TPSA) is 26.6 Å². The monoisotopic (exact) mass is 304 g/mol. The molecule has 0 N–H and O–H groups in total. The van der Waals surface area contributed by atoms with Crippen molar-refractivity contribution in [2.45, 2.75) is 44.4 Å². The van der Waals surface area contributed by atoms with Crippen LogP contribution in [0.5, 0.6) is 0 Å². The third kappa shape index (κ3) is 3.10. The predicted octanol–water partition coefficient (Wildman–Crippen LogP) is 2.39. The maximum Gasteiger partial charge on any atom is 0.0775 e. The molecule has 3 atom stereocenters. The fourth-order valence-electron chi connectivity index (χ4n) is 4.58. The van der Waals surface area contributed by atoms with Gasteiger partial charge in [-0.05, 0) is 43.7 Å². The van der Waals surface area contributed by atoms with Gasteiger partial charge in [-0.15, -0.1) is 0 Å². The van der Waals surface area contributed by atoms with Gasteiger partial charge in [-0.1, -0.05) is 0 Å². The Kier molecular flexibility index (Phi) is 4.51. The van der Waals surface area contributed by atoms with Crippen molar-refractivity contribution in [1.29, 1.82) is 0 Å². The van der Waals surface area contributed by atoms with Gasteiger partial charge in [0, 0.05) is 57.2 Å². The molecule has 122 valence electrons. The highest BCUT2D eigenvalue weighted by Crippen LogP contribution is 2.36. The van der Waals surface area contributed by atoms with Crippen LogP contribution in [0, 0.1) is 11.8 Å². The van der Waals surface area contributed by atoms with E-state index in [0.717, 1.165) is 38.8 Å². The summed E-state index contributed by atoms with van der Waals surface area (Å²) in [6, 6.07) is 4.88. The lowest BCUT2D eigenvalue weighted by molar-refractivity contribution is -0.0834. The molecule has 4 rings (SSSR count). The zero-order chi connectivity index (χ0) is 14.8. The van der Waals surface area contributed by atoms with E-state index in [0.29, 0.717) is 18.1 Å². The minimum absolute atomic E-state index is 0.441. The SMILES string of the molecule is c1ccn(C[C@@H]2CC[C@H]3[C@@H]2OCCN3CC2CCOCC2)c1. The van der Waals surface area contributed by atoms with Crippen molar-refractivity contribution in [1.82, 2.24) is 9.47 Å². The fourth-order valence-corrected chi connectivity index (χ4v) is 4.58. The predicted molar refractivity (Wildman–Crippen MR) is 85.8 cm³/mol. The summed E-state index contributed by atoms with van der Waals surface area (Å²) in [6.45, 7) is 6.31. The highest BCUT2D eigenvalue weighted by Gasteiger charge is 2.42. The van der Waals surface area contributed by atoms with E-state index in [-0.39, 0.29) is 0 Å². The average Bonchev–Trinajstić information content (AvgIpc) is 3.20. The van der Waals surface area contributed by atoms with E-state index >= 15 is 0 Å². The summed E-state index contributed by atoms with van der Waals surface area (Å²) in [5, 5.41) is 0. The number of morpholine rings is 1. The molecule has 3 aliphatic rings. The van der Waals surface area contributed by atoms with Gasteiger partial charge in [-0.3, -0.25) is 4.90 Å². The van der Waals surface area contributed by atoms with E-state index < -0.39 is 0 Å². The summed E-state index contributed by atoms with van der Waals surface area (Å²) >= 11 is 0. The summed E-state index contributed by atoms with van der Waals surface area (Å²) < 4.78 is 14.0. The first-order chi connectivity index (χ1) is 10.9. The molecule has 0 bridgehead atoms. The minimum atomic E-state index is 0.441. The van der Waals surface area contributed by atoms with Gasteiger partial charge in [-0.2, -0.15) is 0 Å². The largest absolute Gasteiger partial charge is 0.381 e. The van der Waals surface area contributed by atoms with Gasteiger partial charge >= 0.3 is 0 Å². The van der Waals surface area contributed by atoms with Crippen LogP contribution in [0.3, 0.4) is 0 Å². The lowest BCUT2D eigenvalue weighted by Gasteiger charge is -2.41. The normalized spacial score (nSPS) is 33.9. The van der Waals surface area contributed by atoms with Crippen LogP contribution in [0.4, 0.5) is 0 Å². The van der Waals surface area contributed by atoms with E-state index in [1.54, 1.807) is 0 Å². The highest BCUT2D eigenvalue weighted by molar-refractivity contribution is 4.97. The van der Waals surface area contributed by atoms with Crippen LogP contribution < -0.4 is 0 Å². The van der Waals surface area contributed by atoms with Gasteiger partial charge < -0.3 is 14.0 Å². The van der Waals surface area contributed by atoms with E-state index in [9.17, 15) is 0 Å². The Morgan fingerprint density at radius 3 is 2.55 bits per heavy atom. The van der Waals surface area contributed by atoms with E-state index in [1.807, 2.05) is 0 Å². The quantitative estimate of drug-likeness (QED) is 0.854. The molecule has 0 unspecified atom stereocenters. The molecule has 2 saturated heterocycles. The lowest BCUT2D eigenvalue weighted by atomic mass is 9.97. The van der Waals surface area contributed by atoms with E-state index in [2.05, 4.69) is 34.0 Å². The minimum Gasteiger partial charge on any atom is -0.381 e. The molecular formula is C18H28N2O2. The molecule has 0 radical (unpaired) electrons. The summed E-state index contributed by atoms with van der Waals surface area (Å²) in [6.07, 6.45) is 9.88. The van der Waals surface area contributed by atoms with Gasteiger partial charge in [0.25, 0.3) is 0 Å². The summed E-state index contributed by atoms with van der Waals surface area (Å²) in [5.74, 6) is 1.51. The maximum atomic E-state index is 6.20. The molecule has 0 aromatic carbocycles. The van der Waals surface area contributed by atoms with Crippen molar-refractivity contribution in [3.8, 4) is 0 Å². The van der Waals surface area contributed by atoms with Crippen molar-refractivity contribution in [2.75, 3.05) is 32.9 Å². The Hall–Kier alpha value is -0.840. The standard InChI is InChI=1S/C18H28N2O2/c1-2-8-19(7-1)14-16-3-4-17-18(16)22-12-9-20(17)13-15-5-10-21-11-6-15/h1-2,7-8,15-18H,3-6,9-14H2/t16-,17-,18+/m0/s1. The van der Waals surface area contributed by atoms with Crippen LogP contribution in [-0.2, 0) is 16.0 Å². The molecule has 4 nitrogen and oxygen atoms in total. The molecule has 3 fully saturated rings. The first-order valence-electron chi connectivity index (χ1n) is 8.94. The number of hydrogen-bond acceptors (Lipinski definition) is 3. The smallest absolute Gasteiger partial charge is 0.0775 e. The number of hydrogen-bond donors (Lipinski definition) is 0. The molecular weight excluding hydrogens is 276 g/mol. The second kappa shape index (κ2) is 6.73. The summed E-state index contributed by atoms with van der Waals surface area (Å²) in [4.78, 5) is 2.74. The number of fused-ring (bicyclic) bond motifs is 1. The fraction of sp³-hybridized carbons (Fsp3) is 0.778. The first kappa shape index (κ1) is 14.7. The van der Waals surface area contributed by atoms with Crippen molar-refractivity contribution in [3.63, 3.8) is 0 Å². The van der Waals surface area contributed by atoms with Crippen LogP contribution in [0.25, 0.3) is 0 Å². The summed E-state index contributed by atoms with van der Waals surface area (Å²) in [5.41, 5.74) is 0. The van der Waals surface area contributed by atoms with Crippen LogP contribution in [0.1, 0.15) is 25.7 Å². The molecule has 1 saturated carbocycles. The molecule has 4 heteroatoms.